The number of aromatic hydroxyl groups is 1. The van der Waals surface area contributed by atoms with E-state index >= 15 is 0 Å². The minimum Gasteiger partial charge on any atom is -0.508 e. The highest BCUT2D eigenvalue weighted by atomic mass is 35.5. The smallest absolute Gasteiger partial charge is 0.161 e. The Morgan fingerprint density at radius 1 is 1.19 bits per heavy atom. The summed E-state index contributed by atoms with van der Waals surface area (Å²) in [5.41, 5.74) is 2.56. The number of halogens is 2. The molecule has 1 saturated carbocycles. The van der Waals surface area contributed by atoms with Crippen LogP contribution in [0.2, 0.25) is 10.0 Å². The average molecular weight is 402 g/mol. The third kappa shape index (κ3) is 3.40. The van der Waals surface area contributed by atoms with Gasteiger partial charge in [0.15, 0.2) is 5.78 Å². The van der Waals surface area contributed by atoms with E-state index in [0.717, 1.165) is 36.1 Å². The summed E-state index contributed by atoms with van der Waals surface area (Å²) in [6.07, 6.45) is 4.19. The molecule has 0 unspecified atom stereocenters. The molecule has 140 valence electrons. The van der Waals surface area contributed by atoms with Gasteiger partial charge in [-0.05, 0) is 67.9 Å². The number of ketones is 1. The molecule has 1 aliphatic carbocycles. The molecule has 2 bridgehead atoms. The number of benzene rings is 2. The topological polar surface area (TPSA) is 40.5 Å². The van der Waals surface area contributed by atoms with Gasteiger partial charge >= 0.3 is 0 Å². The zero-order valence-electron chi connectivity index (χ0n) is 15.1. The normalized spacial score (nSPS) is 27.1. The molecule has 0 aromatic heterocycles. The fourth-order valence-corrected chi connectivity index (χ4v) is 4.74. The predicted molar refractivity (Wildman–Crippen MR) is 109 cm³/mol. The molecule has 1 N–H and O–H groups in total. The Morgan fingerprint density at radius 2 is 2.00 bits per heavy atom. The zero-order chi connectivity index (χ0) is 19.2. The molecule has 0 radical (unpaired) electrons. The maximum absolute atomic E-state index is 13.2. The molecule has 2 aromatic carbocycles. The first-order valence-electron chi connectivity index (χ1n) is 9.08. The van der Waals surface area contributed by atoms with Crippen LogP contribution >= 0.6 is 23.2 Å². The number of hydrogen-bond acceptors (Lipinski definition) is 3. The first-order valence-corrected chi connectivity index (χ1v) is 9.83. The van der Waals surface area contributed by atoms with Crippen LogP contribution in [0.3, 0.4) is 0 Å². The van der Waals surface area contributed by atoms with Crippen LogP contribution in [0.25, 0.3) is 6.08 Å². The Balaban J connectivity index is 1.73. The molecule has 3 nitrogen and oxygen atoms in total. The van der Waals surface area contributed by atoms with E-state index in [9.17, 15) is 9.90 Å². The van der Waals surface area contributed by atoms with E-state index in [-0.39, 0.29) is 23.0 Å². The molecule has 5 heteroatoms. The van der Waals surface area contributed by atoms with Crippen molar-refractivity contribution in [1.82, 2.24) is 4.90 Å². The van der Waals surface area contributed by atoms with Gasteiger partial charge in [0, 0.05) is 23.5 Å². The number of piperidine rings is 1. The lowest BCUT2D eigenvalue weighted by atomic mass is 9.61. The Kier molecular flexibility index (Phi) is 4.79. The molecule has 2 aromatic rings. The predicted octanol–water partition coefficient (Wildman–Crippen LogP) is 5.09. The van der Waals surface area contributed by atoms with Crippen LogP contribution in [0.15, 0.2) is 48.0 Å². The summed E-state index contributed by atoms with van der Waals surface area (Å²) >= 11 is 12.1. The number of Topliss-reactive ketones (excluding diaryl/α,β-unsaturated/α-hetero) is 1. The summed E-state index contributed by atoms with van der Waals surface area (Å²) in [5, 5.41) is 10.9. The van der Waals surface area contributed by atoms with E-state index in [2.05, 4.69) is 11.9 Å². The Morgan fingerprint density at radius 3 is 2.74 bits per heavy atom. The van der Waals surface area contributed by atoms with Crippen molar-refractivity contribution in [2.75, 3.05) is 13.6 Å². The van der Waals surface area contributed by atoms with Gasteiger partial charge in [0.25, 0.3) is 0 Å². The molecule has 2 atom stereocenters. The first kappa shape index (κ1) is 18.5. The van der Waals surface area contributed by atoms with Crippen LogP contribution in [0.5, 0.6) is 5.75 Å². The van der Waals surface area contributed by atoms with Crippen molar-refractivity contribution in [3.8, 4) is 5.75 Å². The maximum atomic E-state index is 13.2. The van der Waals surface area contributed by atoms with Gasteiger partial charge in [-0.1, -0.05) is 41.4 Å². The second-order valence-corrected chi connectivity index (χ2v) is 8.47. The van der Waals surface area contributed by atoms with Crippen molar-refractivity contribution in [2.24, 2.45) is 0 Å². The quantitative estimate of drug-likeness (QED) is 0.712. The van der Waals surface area contributed by atoms with E-state index in [1.807, 2.05) is 30.3 Å². The standard InChI is InChI=1S/C22H21Cl2NO2/c1-25-8-7-22(15-3-2-4-16(26)11-15)12-20(25)17(21(27)13-22)9-14-5-6-18(23)19(24)10-14/h2-6,9-11,20,26H,7-8,12-13H2,1H3/b17-9+/t20-,22+/m0/s1. The van der Waals surface area contributed by atoms with E-state index in [4.69, 9.17) is 23.2 Å². The maximum Gasteiger partial charge on any atom is 0.161 e. The Bertz CT molecular complexity index is 940. The van der Waals surface area contributed by atoms with Gasteiger partial charge in [0.2, 0.25) is 0 Å². The first-order chi connectivity index (χ1) is 12.9. The molecule has 27 heavy (non-hydrogen) atoms. The molecule has 1 aliphatic heterocycles. The molecule has 1 heterocycles. The van der Waals surface area contributed by atoms with E-state index in [0.29, 0.717) is 16.5 Å². The molecule has 1 saturated heterocycles. The molecule has 0 spiro atoms. The van der Waals surface area contributed by atoms with Crippen LogP contribution in [-0.4, -0.2) is 35.4 Å². The van der Waals surface area contributed by atoms with Crippen LogP contribution in [0.4, 0.5) is 0 Å². The molecule has 0 amide bonds. The van der Waals surface area contributed by atoms with Crippen molar-refractivity contribution in [2.45, 2.75) is 30.7 Å². The minimum atomic E-state index is -0.206. The Labute approximate surface area is 169 Å². The molecule has 2 fully saturated rings. The van der Waals surface area contributed by atoms with Gasteiger partial charge in [0.1, 0.15) is 5.75 Å². The number of phenolic OH excluding ortho intramolecular Hbond substituents is 1. The second-order valence-electron chi connectivity index (χ2n) is 7.65. The third-order valence-electron chi connectivity index (χ3n) is 5.96. The highest BCUT2D eigenvalue weighted by molar-refractivity contribution is 6.42. The number of phenols is 1. The van der Waals surface area contributed by atoms with E-state index in [1.54, 1.807) is 18.2 Å². The second kappa shape index (κ2) is 6.97. The van der Waals surface area contributed by atoms with Crippen LogP contribution in [0.1, 0.15) is 30.4 Å². The van der Waals surface area contributed by atoms with Crippen molar-refractivity contribution >= 4 is 35.1 Å². The van der Waals surface area contributed by atoms with Crippen molar-refractivity contribution in [3.05, 3.63) is 69.2 Å². The Hall–Kier alpha value is -1.81. The lowest BCUT2D eigenvalue weighted by molar-refractivity contribution is -0.120. The summed E-state index contributed by atoms with van der Waals surface area (Å²) in [7, 11) is 2.07. The summed E-state index contributed by atoms with van der Waals surface area (Å²) in [6.45, 7) is 0.909. The lowest BCUT2D eigenvalue weighted by Gasteiger charge is -2.50. The molecular formula is C22H21Cl2NO2. The van der Waals surface area contributed by atoms with Gasteiger partial charge in [-0.3, -0.25) is 9.69 Å². The third-order valence-corrected chi connectivity index (χ3v) is 6.70. The van der Waals surface area contributed by atoms with Gasteiger partial charge in [-0.2, -0.15) is 0 Å². The fraction of sp³-hybridized carbons (Fsp3) is 0.318. The summed E-state index contributed by atoms with van der Waals surface area (Å²) in [4.78, 5) is 15.4. The van der Waals surface area contributed by atoms with Crippen LogP contribution < -0.4 is 0 Å². The fourth-order valence-electron chi connectivity index (χ4n) is 4.44. The lowest BCUT2D eigenvalue weighted by Crippen LogP contribution is -2.53. The van der Waals surface area contributed by atoms with Crippen molar-refractivity contribution in [3.63, 3.8) is 0 Å². The SMILES string of the molecule is CN1CC[C@]2(c3cccc(O)c3)CC(=O)/C(=C/c3ccc(Cl)c(Cl)c3)[C@@H]1C2. The number of fused-ring (bicyclic) bond motifs is 2. The number of likely N-dealkylation sites (tertiary alicyclic amines) is 1. The van der Waals surface area contributed by atoms with Crippen molar-refractivity contribution in [1.29, 1.82) is 0 Å². The number of likely N-dealkylation sites (N-methyl/N-ethyl adjacent to an activating group) is 1. The zero-order valence-corrected chi connectivity index (χ0v) is 16.6. The number of nitrogens with zero attached hydrogens (tertiary/aromatic N) is 1. The molecule has 4 rings (SSSR count). The van der Waals surface area contributed by atoms with Gasteiger partial charge < -0.3 is 5.11 Å². The number of carbonyl (C=O) groups is 1. The number of hydrogen-bond donors (Lipinski definition) is 1. The number of carbonyl (C=O) groups excluding carboxylic acids is 1. The van der Waals surface area contributed by atoms with Crippen LogP contribution in [-0.2, 0) is 10.2 Å². The van der Waals surface area contributed by atoms with Crippen molar-refractivity contribution < 1.29 is 9.90 Å². The largest absolute Gasteiger partial charge is 0.508 e. The van der Waals surface area contributed by atoms with Gasteiger partial charge in [-0.25, -0.2) is 0 Å². The monoisotopic (exact) mass is 401 g/mol. The summed E-state index contributed by atoms with van der Waals surface area (Å²) < 4.78 is 0. The minimum absolute atomic E-state index is 0.0526. The summed E-state index contributed by atoms with van der Waals surface area (Å²) in [6, 6.07) is 12.9. The highest BCUT2D eigenvalue weighted by Gasteiger charge is 2.48. The molecular weight excluding hydrogens is 381 g/mol. The average Bonchev–Trinajstić information content (AvgIpc) is 2.64. The van der Waals surface area contributed by atoms with Gasteiger partial charge in [0.05, 0.1) is 10.0 Å². The van der Waals surface area contributed by atoms with E-state index in [1.165, 1.54) is 0 Å². The summed E-state index contributed by atoms with van der Waals surface area (Å²) in [5.74, 6) is 0.411. The number of rotatable bonds is 2. The highest BCUT2D eigenvalue weighted by Crippen LogP contribution is 2.48. The van der Waals surface area contributed by atoms with E-state index < -0.39 is 0 Å². The van der Waals surface area contributed by atoms with Crippen LogP contribution in [0, 0.1) is 0 Å². The van der Waals surface area contributed by atoms with Gasteiger partial charge in [-0.15, -0.1) is 0 Å². The molecule has 2 aliphatic rings.